The highest BCUT2D eigenvalue weighted by atomic mass is 16.5. The SMILES string of the molecule is Cc1cc(N2CCN(C(C)c3nc(C)no3)CC2)nc(C)n1. The number of anilines is 1. The highest BCUT2D eigenvalue weighted by molar-refractivity contribution is 5.40. The Morgan fingerprint density at radius 1 is 1.00 bits per heavy atom. The molecule has 0 saturated carbocycles. The van der Waals surface area contributed by atoms with Crippen molar-refractivity contribution in [3.8, 4) is 0 Å². The molecule has 0 aromatic carbocycles. The zero-order valence-electron chi connectivity index (χ0n) is 13.6. The number of nitrogens with zero attached hydrogens (tertiary/aromatic N) is 6. The first-order valence-electron chi connectivity index (χ1n) is 7.64. The average molecular weight is 302 g/mol. The topological polar surface area (TPSA) is 71.2 Å². The standard InChI is InChI=1S/C15H22N6O/c1-10-9-14(17-12(3)16-10)21-7-5-20(6-8-21)11(2)15-18-13(4)19-22-15/h9,11H,5-8H2,1-4H3. The Morgan fingerprint density at radius 2 is 1.73 bits per heavy atom. The van der Waals surface area contributed by atoms with Gasteiger partial charge in [-0.2, -0.15) is 4.98 Å². The van der Waals surface area contributed by atoms with Crippen molar-refractivity contribution in [1.82, 2.24) is 25.0 Å². The molecular weight excluding hydrogens is 280 g/mol. The predicted molar refractivity (Wildman–Crippen MR) is 82.7 cm³/mol. The minimum atomic E-state index is 0.150. The second kappa shape index (κ2) is 6.00. The number of piperazine rings is 1. The van der Waals surface area contributed by atoms with Gasteiger partial charge < -0.3 is 9.42 Å². The molecule has 7 nitrogen and oxygen atoms in total. The van der Waals surface area contributed by atoms with Crippen molar-refractivity contribution < 1.29 is 4.52 Å². The molecule has 22 heavy (non-hydrogen) atoms. The molecule has 3 rings (SSSR count). The summed E-state index contributed by atoms with van der Waals surface area (Å²) in [6.07, 6.45) is 0. The van der Waals surface area contributed by atoms with Crippen LogP contribution in [0.25, 0.3) is 0 Å². The molecule has 0 radical (unpaired) electrons. The van der Waals surface area contributed by atoms with Crippen LogP contribution in [0.15, 0.2) is 10.6 Å². The molecule has 1 fully saturated rings. The monoisotopic (exact) mass is 302 g/mol. The van der Waals surface area contributed by atoms with Gasteiger partial charge in [0.25, 0.3) is 0 Å². The maximum atomic E-state index is 5.29. The molecule has 0 bridgehead atoms. The summed E-state index contributed by atoms with van der Waals surface area (Å²) in [5, 5.41) is 3.87. The Morgan fingerprint density at radius 3 is 2.32 bits per heavy atom. The van der Waals surface area contributed by atoms with Gasteiger partial charge >= 0.3 is 0 Å². The van der Waals surface area contributed by atoms with Gasteiger partial charge in [-0.15, -0.1) is 0 Å². The average Bonchev–Trinajstić information content (AvgIpc) is 2.92. The normalized spacial score (nSPS) is 17.7. The zero-order chi connectivity index (χ0) is 15.7. The minimum Gasteiger partial charge on any atom is -0.354 e. The van der Waals surface area contributed by atoms with E-state index < -0.39 is 0 Å². The first-order chi connectivity index (χ1) is 10.5. The molecular formula is C15H22N6O. The van der Waals surface area contributed by atoms with Crippen LogP contribution in [0.5, 0.6) is 0 Å². The van der Waals surface area contributed by atoms with Crippen molar-refractivity contribution in [3.63, 3.8) is 0 Å². The Hall–Kier alpha value is -2.02. The van der Waals surface area contributed by atoms with Crippen molar-refractivity contribution in [2.45, 2.75) is 33.7 Å². The van der Waals surface area contributed by atoms with Crippen molar-refractivity contribution in [2.24, 2.45) is 0 Å². The molecule has 7 heteroatoms. The summed E-state index contributed by atoms with van der Waals surface area (Å²) in [6.45, 7) is 11.7. The van der Waals surface area contributed by atoms with Crippen LogP contribution in [-0.2, 0) is 0 Å². The Kier molecular flexibility index (Phi) is 4.06. The van der Waals surface area contributed by atoms with Crippen LogP contribution in [0.4, 0.5) is 5.82 Å². The van der Waals surface area contributed by atoms with Gasteiger partial charge in [0.05, 0.1) is 6.04 Å². The number of rotatable bonds is 3. The van der Waals surface area contributed by atoms with E-state index in [-0.39, 0.29) is 6.04 Å². The number of aryl methyl sites for hydroxylation is 3. The lowest BCUT2D eigenvalue weighted by Crippen LogP contribution is -2.47. The fraction of sp³-hybridized carbons (Fsp3) is 0.600. The maximum Gasteiger partial charge on any atom is 0.243 e. The predicted octanol–water partition coefficient (Wildman–Crippen LogP) is 1.67. The van der Waals surface area contributed by atoms with Crippen LogP contribution in [0.1, 0.15) is 36.2 Å². The third-order valence-electron chi connectivity index (χ3n) is 4.04. The molecule has 1 unspecified atom stereocenters. The maximum absolute atomic E-state index is 5.29. The van der Waals surface area contributed by atoms with E-state index in [0.717, 1.165) is 43.5 Å². The van der Waals surface area contributed by atoms with Gasteiger partial charge in [0, 0.05) is 37.9 Å². The highest BCUT2D eigenvalue weighted by Crippen LogP contribution is 2.22. The van der Waals surface area contributed by atoms with Crippen LogP contribution in [0.3, 0.4) is 0 Å². The highest BCUT2D eigenvalue weighted by Gasteiger charge is 2.26. The van der Waals surface area contributed by atoms with Crippen LogP contribution >= 0.6 is 0 Å². The largest absolute Gasteiger partial charge is 0.354 e. The van der Waals surface area contributed by atoms with Crippen LogP contribution in [0.2, 0.25) is 0 Å². The van der Waals surface area contributed by atoms with Crippen molar-refractivity contribution in [1.29, 1.82) is 0 Å². The lowest BCUT2D eigenvalue weighted by molar-refractivity contribution is 0.164. The van der Waals surface area contributed by atoms with Crippen molar-refractivity contribution >= 4 is 5.82 Å². The molecule has 1 aliphatic heterocycles. The van der Waals surface area contributed by atoms with E-state index in [0.29, 0.717) is 11.7 Å². The molecule has 0 N–H and O–H groups in total. The quantitative estimate of drug-likeness (QED) is 0.854. The number of hydrogen-bond acceptors (Lipinski definition) is 7. The van der Waals surface area contributed by atoms with Gasteiger partial charge in [-0.1, -0.05) is 5.16 Å². The zero-order valence-corrected chi connectivity index (χ0v) is 13.6. The van der Waals surface area contributed by atoms with E-state index >= 15 is 0 Å². The lowest BCUT2D eigenvalue weighted by atomic mass is 10.2. The summed E-state index contributed by atoms with van der Waals surface area (Å²) in [5.74, 6) is 3.23. The summed E-state index contributed by atoms with van der Waals surface area (Å²) in [6, 6.07) is 2.20. The molecule has 0 amide bonds. The van der Waals surface area contributed by atoms with E-state index in [2.05, 4.69) is 36.8 Å². The van der Waals surface area contributed by atoms with E-state index in [1.54, 1.807) is 0 Å². The molecule has 1 aliphatic rings. The molecule has 2 aromatic heterocycles. The molecule has 1 atom stereocenters. The minimum absolute atomic E-state index is 0.150. The summed E-state index contributed by atoms with van der Waals surface area (Å²) >= 11 is 0. The van der Waals surface area contributed by atoms with E-state index in [9.17, 15) is 0 Å². The van der Waals surface area contributed by atoms with E-state index in [1.165, 1.54) is 0 Å². The van der Waals surface area contributed by atoms with Crippen LogP contribution in [0, 0.1) is 20.8 Å². The Balaban J connectivity index is 1.64. The van der Waals surface area contributed by atoms with Gasteiger partial charge in [-0.25, -0.2) is 9.97 Å². The lowest BCUT2D eigenvalue weighted by Gasteiger charge is -2.37. The molecule has 0 spiro atoms. The molecule has 1 saturated heterocycles. The first-order valence-corrected chi connectivity index (χ1v) is 7.64. The molecule has 2 aromatic rings. The third kappa shape index (κ3) is 3.09. The fourth-order valence-corrected chi connectivity index (χ4v) is 2.84. The second-order valence-corrected chi connectivity index (χ2v) is 5.79. The summed E-state index contributed by atoms with van der Waals surface area (Å²) in [7, 11) is 0. The molecule has 3 heterocycles. The summed E-state index contributed by atoms with van der Waals surface area (Å²) in [4.78, 5) is 17.9. The Labute approximate surface area is 130 Å². The summed E-state index contributed by atoms with van der Waals surface area (Å²) in [5.41, 5.74) is 1.01. The smallest absolute Gasteiger partial charge is 0.243 e. The van der Waals surface area contributed by atoms with Gasteiger partial charge in [-0.05, 0) is 27.7 Å². The van der Waals surface area contributed by atoms with Gasteiger partial charge in [0.2, 0.25) is 5.89 Å². The van der Waals surface area contributed by atoms with Crippen LogP contribution in [-0.4, -0.2) is 51.2 Å². The van der Waals surface area contributed by atoms with Gasteiger partial charge in [-0.3, -0.25) is 4.90 Å². The summed E-state index contributed by atoms with van der Waals surface area (Å²) < 4.78 is 5.29. The molecule has 118 valence electrons. The molecule has 0 aliphatic carbocycles. The van der Waals surface area contributed by atoms with Gasteiger partial charge in [0.1, 0.15) is 11.6 Å². The van der Waals surface area contributed by atoms with Crippen LogP contribution < -0.4 is 4.90 Å². The second-order valence-electron chi connectivity index (χ2n) is 5.79. The van der Waals surface area contributed by atoms with E-state index in [1.807, 2.05) is 26.8 Å². The fourth-order valence-electron chi connectivity index (χ4n) is 2.84. The number of hydrogen-bond donors (Lipinski definition) is 0. The van der Waals surface area contributed by atoms with Crippen molar-refractivity contribution in [2.75, 3.05) is 31.1 Å². The number of aromatic nitrogens is 4. The van der Waals surface area contributed by atoms with Crippen molar-refractivity contribution in [3.05, 3.63) is 29.3 Å². The van der Waals surface area contributed by atoms with Gasteiger partial charge in [0.15, 0.2) is 5.82 Å². The van der Waals surface area contributed by atoms with E-state index in [4.69, 9.17) is 4.52 Å². The third-order valence-corrected chi connectivity index (χ3v) is 4.04. The Bertz CT molecular complexity index is 627. The first kappa shape index (κ1) is 14.9.